The van der Waals surface area contributed by atoms with Crippen LogP contribution in [0.4, 0.5) is 17.3 Å². The van der Waals surface area contributed by atoms with E-state index < -0.39 is 10.0 Å². The highest BCUT2D eigenvalue weighted by Crippen LogP contribution is 2.35. The van der Waals surface area contributed by atoms with Crippen molar-refractivity contribution < 1.29 is 13.2 Å². The molecule has 6 rings (SSSR count). The number of carbonyl (C=O) groups excluding carboxylic acids is 1. The number of anilines is 3. The number of fused-ring (bicyclic) bond motifs is 1. The zero-order chi connectivity index (χ0) is 26.4. The molecule has 5 heterocycles. The van der Waals surface area contributed by atoms with Gasteiger partial charge in [-0.05, 0) is 56.7 Å². The van der Waals surface area contributed by atoms with Crippen molar-refractivity contribution >= 4 is 50.5 Å². The Morgan fingerprint density at radius 2 is 1.71 bits per heavy atom. The third-order valence-corrected chi connectivity index (χ3v) is 8.46. The molecule has 0 spiro atoms. The zero-order valence-electron chi connectivity index (χ0n) is 21.4. The summed E-state index contributed by atoms with van der Waals surface area (Å²) >= 11 is 6.23. The number of halogens is 1. The number of sulfonamides is 1. The molecule has 38 heavy (non-hydrogen) atoms. The monoisotopic (exact) mass is 557 g/mol. The first kappa shape index (κ1) is 25.2. The van der Waals surface area contributed by atoms with E-state index in [1.165, 1.54) is 18.6 Å². The Bertz CT molecular complexity index is 1480. The highest BCUT2D eigenvalue weighted by atomic mass is 35.5. The third-order valence-electron chi connectivity index (χ3n) is 7.64. The van der Waals surface area contributed by atoms with E-state index in [-0.39, 0.29) is 23.2 Å². The number of amides is 1. The second-order valence-electron chi connectivity index (χ2n) is 10.4. The minimum absolute atomic E-state index is 0.221. The Morgan fingerprint density at radius 1 is 0.974 bits per heavy atom. The number of piperidine rings is 1. The average Bonchev–Trinajstić information content (AvgIpc) is 3.53. The van der Waals surface area contributed by atoms with Crippen LogP contribution >= 0.6 is 11.6 Å². The normalized spacial score (nSPS) is 20.2. The largest absolute Gasteiger partial charge is 0.356 e. The van der Waals surface area contributed by atoms with Crippen LogP contribution in [-0.4, -0.2) is 72.8 Å². The molecule has 1 N–H and O–H groups in total. The van der Waals surface area contributed by atoms with Gasteiger partial charge in [-0.2, -0.15) is 9.61 Å². The first-order valence-corrected chi connectivity index (χ1v) is 15.5. The summed E-state index contributed by atoms with van der Waals surface area (Å²) in [4.78, 5) is 25.3. The third kappa shape index (κ3) is 4.89. The molecule has 0 radical (unpaired) electrons. The van der Waals surface area contributed by atoms with Gasteiger partial charge in [-0.15, -0.1) is 0 Å². The van der Waals surface area contributed by atoms with Gasteiger partial charge in [-0.1, -0.05) is 11.6 Å². The number of carbonyl (C=O) groups is 1. The molecule has 202 valence electrons. The van der Waals surface area contributed by atoms with Gasteiger partial charge < -0.3 is 14.7 Å². The van der Waals surface area contributed by atoms with E-state index in [1.54, 1.807) is 11.0 Å². The lowest BCUT2D eigenvalue weighted by Crippen LogP contribution is -2.39. The number of nitrogens with zero attached hydrogens (tertiary/aromatic N) is 6. The lowest BCUT2D eigenvalue weighted by Gasteiger charge is -2.35. The van der Waals surface area contributed by atoms with Crippen LogP contribution in [0.1, 0.15) is 60.6 Å². The highest BCUT2D eigenvalue weighted by Gasteiger charge is 2.33. The fraction of sp³-hybridized carbons (Fsp3) is 0.500. The highest BCUT2D eigenvalue weighted by molar-refractivity contribution is 7.92. The second-order valence-corrected chi connectivity index (χ2v) is 12.6. The topological polar surface area (TPSA) is 103 Å². The lowest BCUT2D eigenvalue weighted by atomic mass is 9.98. The molecule has 0 bridgehead atoms. The molecule has 3 aromatic rings. The van der Waals surface area contributed by atoms with E-state index in [1.807, 2.05) is 10.6 Å². The molecule has 10 nitrogen and oxygen atoms in total. The first-order chi connectivity index (χ1) is 18.3. The molecule has 3 fully saturated rings. The minimum Gasteiger partial charge on any atom is -0.356 e. The standard InChI is InChI=1S/C26H32ClN7O3S/c1-38(36,37)30-20-9-8-18(27)15-19(20)26(35)33-14-3-2-7-22(33)21-16-24-28-23(31-12-6-13-31)17-25(34(24)29-21)32-10-4-5-11-32/h8-9,15-17,22,30H,2-7,10-14H2,1H3/t22-/m0/s1. The van der Waals surface area contributed by atoms with Crippen LogP contribution in [0.2, 0.25) is 5.02 Å². The van der Waals surface area contributed by atoms with Gasteiger partial charge in [0.1, 0.15) is 11.6 Å². The van der Waals surface area contributed by atoms with E-state index in [2.05, 4.69) is 20.6 Å². The summed E-state index contributed by atoms with van der Waals surface area (Å²) < 4.78 is 28.3. The molecule has 2 aromatic heterocycles. The summed E-state index contributed by atoms with van der Waals surface area (Å²) in [5.41, 5.74) is 2.03. The summed E-state index contributed by atoms with van der Waals surface area (Å²) in [7, 11) is -3.58. The molecule has 1 aromatic carbocycles. The number of nitrogens with one attached hydrogen (secondary N) is 1. The lowest BCUT2D eigenvalue weighted by molar-refractivity contribution is 0.0607. The van der Waals surface area contributed by atoms with Gasteiger partial charge >= 0.3 is 0 Å². The van der Waals surface area contributed by atoms with Crippen LogP contribution in [0.5, 0.6) is 0 Å². The smallest absolute Gasteiger partial charge is 0.256 e. The molecule has 3 aliphatic rings. The maximum Gasteiger partial charge on any atom is 0.256 e. The fourth-order valence-electron chi connectivity index (χ4n) is 5.62. The summed E-state index contributed by atoms with van der Waals surface area (Å²) in [6.07, 6.45) is 7.16. The molecule has 1 amide bonds. The summed E-state index contributed by atoms with van der Waals surface area (Å²) in [6, 6.07) is 8.54. The van der Waals surface area contributed by atoms with Gasteiger partial charge in [-0.25, -0.2) is 13.4 Å². The SMILES string of the molecule is CS(=O)(=O)Nc1ccc(Cl)cc1C(=O)N1CCCC[C@H]1c1cc2nc(N3CCC3)cc(N3CCCC3)n2n1. The molecular weight excluding hydrogens is 526 g/mol. The van der Waals surface area contributed by atoms with Crippen molar-refractivity contribution in [3.8, 4) is 0 Å². The van der Waals surface area contributed by atoms with E-state index >= 15 is 0 Å². The number of hydrogen-bond donors (Lipinski definition) is 1. The average molecular weight is 558 g/mol. The second kappa shape index (κ2) is 9.92. The van der Waals surface area contributed by atoms with Gasteiger partial charge in [-0.3, -0.25) is 9.52 Å². The summed E-state index contributed by atoms with van der Waals surface area (Å²) in [5, 5.41) is 5.38. The Kier molecular flexibility index (Phi) is 6.59. The van der Waals surface area contributed by atoms with Gasteiger partial charge in [0, 0.05) is 49.9 Å². The van der Waals surface area contributed by atoms with E-state index in [9.17, 15) is 13.2 Å². The Morgan fingerprint density at radius 3 is 2.42 bits per heavy atom. The zero-order valence-corrected chi connectivity index (χ0v) is 23.0. The first-order valence-electron chi connectivity index (χ1n) is 13.3. The van der Waals surface area contributed by atoms with Crippen molar-refractivity contribution in [2.24, 2.45) is 0 Å². The van der Waals surface area contributed by atoms with E-state index in [0.717, 1.165) is 87.5 Å². The van der Waals surface area contributed by atoms with Crippen LogP contribution in [0, 0.1) is 0 Å². The van der Waals surface area contributed by atoms with Crippen molar-refractivity contribution in [2.75, 3.05) is 53.5 Å². The molecule has 3 saturated heterocycles. The maximum absolute atomic E-state index is 13.9. The number of likely N-dealkylation sites (tertiary alicyclic amines) is 1. The van der Waals surface area contributed by atoms with Crippen LogP contribution < -0.4 is 14.5 Å². The van der Waals surface area contributed by atoms with Crippen molar-refractivity contribution in [1.82, 2.24) is 19.5 Å². The molecule has 3 aliphatic heterocycles. The Balaban J connectivity index is 1.39. The molecule has 12 heteroatoms. The summed E-state index contributed by atoms with van der Waals surface area (Å²) in [6.45, 7) is 4.56. The molecule has 0 unspecified atom stereocenters. The summed E-state index contributed by atoms with van der Waals surface area (Å²) in [5.74, 6) is 1.75. The van der Waals surface area contributed by atoms with Crippen molar-refractivity contribution in [1.29, 1.82) is 0 Å². The molecule has 0 aliphatic carbocycles. The van der Waals surface area contributed by atoms with Crippen LogP contribution in [0.25, 0.3) is 5.65 Å². The van der Waals surface area contributed by atoms with E-state index in [4.69, 9.17) is 21.7 Å². The van der Waals surface area contributed by atoms with E-state index in [0.29, 0.717) is 11.6 Å². The van der Waals surface area contributed by atoms with Crippen molar-refractivity contribution in [2.45, 2.75) is 44.6 Å². The van der Waals surface area contributed by atoms with Crippen molar-refractivity contribution in [3.05, 3.63) is 46.6 Å². The Labute approximate surface area is 227 Å². The Hall–Kier alpha value is -3.05. The number of benzene rings is 1. The molecule has 1 atom stereocenters. The fourth-order valence-corrected chi connectivity index (χ4v) is 6.37. The number of hydrogen-bond acceptors (Lipinski definition) is 7. The van der Waals surface area contributed by atoms with Crippen LogP contribution in [-0.2, 0) is 10.0 Å². The maximum atomic E-state index is 13.9. The minimum atomic E-state index is -3.58. The van der Waals surface area contributed by atoms with Crippen molar-refractivity contribution in [3.63, 3.8) is 0 Å². The van der Waals surface area contributed by atoms with Gasteiger partial charge in [0.25, 0.3) is 5.91 Å². The van der Waals surface area contributed by atoms with Crippen LogP contribution in [0.15, 0.2) is 30.3 Å². The van der Waals surface area contributed by atoms with Gasteiger partial charge in [0.05, 0.1) is 29.2 Å². The van der Waals surface area contributed by atoms with Gasteiger partial charge in [0.2, 0.25) is 10.0 Å². The predicted molar refractivity (Wildman–Crippen MR) is 149 cm³/mol. The quantitative estimate of drug-likeness (QED) is 0.490. The van der Waals surface area contributed by atoms with Crippen LogP contribution in [0.3, 0.4) is 0 Å². The molecule has 0 saturated carbocycles. The number of aromatic nitrogens is 3. The number of rotatable bonds is 6. The predicted octanol–water partition coefficient (Wildman–Crippen LogP) is 3.93. The van der Waals surface area contributed by atoms with Gasteiger partial charge in [0.15, 0.2) is 5.65 Å². The molecular formula is C26H32ClN7O3S.